The molecule has 1 aliphatic heterocycles. The van der Waals surface area contributed by atoms with E-state index >= 15 is 0 Å². The Kier molecular flexibility index (Phi) is 8.46. The summed E-state index contributed by atoms with van der Waals surface area (Å²) in [7, 11) is 0. The van der Waals surface area contributed by atoms with E-state index in [2.05, 4.69) is 43.0 Å². The fourth-order valence-corrected chi connectivity index (χ4v) is 5.57. The Labute approximate surface area is 206 Å². The Morgan fingerprint density at radius 2 is 1.37 bits per heavy atom. The predicted molar refractivity (Wildman–Crippen MR) is 135 cm³/mol. The first kappa shape index (κ1) is 26.2. The number of likely N-dealkylation sites (tertiary alicyclic amines) is 1. The second-order valence-electron chi connectivity index (χ2n) is 9.34. The van der Waals surface area contributed by atoms with E-state index in [0.717, 1.165) is 41.6 Å². The van der Waals surface area contributed by atoms with Crippen molar-refractivity contribution in [2.75, 3.05) is 6.54 Å². The van der Waals surface area contributed by atoms with Crippen LogP contribution < -0.4 is 5.73 Å². The third-order valence-electron chi connectivity index (χ3n) is 7.20. The normalized spacial score (nSPS) is 20.4. The Bertz CT molecular complexity index is 1040. The first-order valence-electron chi connectivity index (χ1n) is 12.1. The zero-order valence-electron chi connectivity index (χ0n) is 20.3. The van der Waals surface area contributed by atoms with Gasteiger partial charge in [-0.3, -0.25) is 9.69 Å². The van der Waals surface area contributed by atoms with Crippen LogP contribution in [0.3, 0.4) is 0 Å². The Hall–Kier alpha value is -3.45. The minimum Gasteiger partial charge on any atom is -0.478 e. The van der Waals surface area contributed by atoms with Crippen LogP contribution in [-0.2, 0) is 19.8 Å². The molecule has 7 heteroatoms. The van der Waals surface area contributed by atoms with Crippen LogP contribution in [0.2, 0.25) is 0 Å². The van der Waals surface area contributed by atoms with Crippen LogP contribution in [0.5, 0.6) is 0 Å². The van der Waals surface area contributed by atoms with Gasteiger partial charge in [0.05, 0.1) is 5.41 Å². The van der Waals surface area contributed by atoms with Gasteiger partial charge in [0.15, 0.2) is 0 Å². The first-order valence-corrected chi connectivity index (χ1v) is 12.1. The standard InChI is InChI=1S/C24H30N2O.C4H4O4/c1-17-9-7-10-18(2)26(17)16-8-15-24(23(25)27)21-13-5-3-11-19(21)20-12-4-6-14-22(20)24;5-3(6)1-2-4(7)8/h3-6,11-14,17-18H,7-10,15-16H2,1-2H3,(H2,25,27);1-2H,(H,5,6)(H,7,8)/b;2-1-. The van der Waals surface area contributed by atoms with Crippen LogP contribution >= 0.6 is 0 Å². The molecule has 2 aromatic rings. The quantitative estimate of drug-likeness (QED) is 0.513. The fourth-order valence-electron chi connectivity index (χ4n) is 5.57. The van der Waals surface area contributed by atoms with Crippen LogP contribution in [0, 0.1) is 0 Å². The number of rotatable bonds is 7. The molecule has 1 amide bonds. The van der Waals surface area contributed by atoms with Gasteiger partial charge < -0.3 is 15.9 Å². The number of carbonyl (C=O) groups excluding carboxylic acids is 1. The molecule has 0 aromatic heterocycles. The molecule has 1 fully saturated rings. The number of carboxylic acid groups (broad SMARTS) is 2. The summed E-state index contributed by atoms with van der Waals surface area (Å²) in [5, 5.41) is 15.6. The Morgan fingerprint density at radius 3 is 1.80 bits per heavy atom. The van der Waals surface area contributed by atoms with Gasteiger partial charge in [0.2, 0.25) is 5.91 Å². The number of aliphatic carboxylic acids is 2. The smallest absolute Gasteiger partial charge is 0.328 e. The number of carbonyl (C=O) groups is 3. The molecular weight excluding hydrogens is 444 g/mol. The molecule has 0 radical (unpaired) electrons. The highest BCUT2D eigenvalue weighted by molar-refractivity contribution is 5.99. The monoisotopic (exact) mass is 478 g/mol. The highest BCUT2D eigenvalue weighted by atomic mass is 16.4. The first-order chi connectivity index (χ1) is 16.7. The highest BCUT2D eigenvalue weighted by Gasteiger charge is 2.47. The van der Waals surface area contributed by atoms with Crippen molar-refractivity contribution in [2.45, 2.75) is 63.5 Å². The van der Waals surface area contributed by atoms with E-state index in [0.29, 0.717) is 24.2 Å². The summed E-state index contributed by atoms with van der Waals surface area (Å²) in [4.78, 5) is 34.6. The minimum atomic E-state index is -1.26. The number of nitrogens with two attached hydrogens (primary N) is 1. The van der Waals surface area contributed by atoms with Gasteiger partial charge in [0.1, 0.15) is 0 Å². The van der Waals surface area contributed by atoms with E-state index < -0.39 is 17.4 Å². The van der Waals surface area contributed by atoms with Gasteiger partial charge in [-0.1, -0.05) is 55.0 Å². The van der Waals surface area contributed by atoms with Gasteiger partial charge >= 0.3 is 11.9 Å². The van der Waals surface area contributed by atoms with Gasteiger partial charge in [-0.05, 0) is 68.3 Å². The summed E-state index contributed by atoms with van der Waals surface area (Å²) < 4.78 is 0. The molecule has 0 saturated carbocycles. The third-order valence-corrected chi connectivity index (χ3v) is 7.20. The molecule has 1 saturated heterocycles. The number of fused-ring (bicyclic) bond motifs is 3. The van der Waals surface area contributed by atoms with E-state index in [1.807, 2.05) is 24.3 Å². The number of hydrogen-bond acceptors (Lipinski definition) is 4. The number of amides is 1. The second kappa shape index (κ2) is 11.3. The van der Waals surface area contributed by atoms with Gasteiger partial charge in [-0.15, -0.1) is 0 Å². The summed E-state index contributed by atoms with van der Waals surface area (Å²) in [5.41, 5.74) is 9.87. The maximum Gasteiger partial charge on any atom is 0.328 e. The molecule has 1 heterocycles. The lowest BCUT2D eigenvalue weighted by Crippen LogP contribution is -2.45. The molecule has 1 aliphatic carbocycles. The average Bonchev–Trinajstić information content (AvgIpc) is 3.11. The van der Waals surface area contributed by atoms with Crippen molar-refractivity contribution < 1.29 is 24.6 Å². The maximum absolute atomic E-state index is 12.9. The van der Waals surface area contributed by atoms with Gasteiger partial charge in [0, 0.05) is 24.2 Å². The topological polar surface area (TPSA) is 121 Å². The molecule has 35 heavy (non-hydrogen) atoms. The summed E-state index contributed by atoms with van der Waals surface area (Å²) in [5.74, 6) is -2.74. The number of nitrogens with zero attached hydrogens (tertiary/aromatic N) is 1. The third kappa shape index (κ3) is 5.62. The average molecular weight is 479 g/mol. The minimum absolute atomic E-state index is 0.223. The summed E-state index contributed by atoms with van der Waals surface area (Å²) in [6, 6.07) is 17.8. The van der Waals surface area contributed by atoms with Crippen LogP contribution in [0.25, 0.3) is 11.1 Å². The molecule has 2 atom stereocenters. The van der Waals surface area contributed by atoms with Crippen LogP contribution in [0.4, 0.5) is 0 Å². The molecule has 7 nitrogen and oxygen atoms in total. The molecule has 2 aliphatic rings. The van der Waals surface area contributed by atoms with Crippen molar-refractivity contribution >= 4 is 17.8 Å². The van der Waals surface area contributed by atoms with Crippen LogP contribution in [-0.4, -0.2) is 51.6 Å². The lowest BCUT2D eigenvalue weighted by molar-refractivity contribution is -0.134. The molecular formula is C28H34N2O5. The number of hydrogen-bond donors (Lipinski definition) is 3. The largest absolute Gasteiger partial charge is 0.478 e. The van der Waals surface area contributed by atoms with E-state index in [4.69, 9.17) is 15.9 Å². The van der Waals surface area contributed by atoms with Crippen LogP contribution in [0.15, 0.2) is 60.7 Å². The van der Waals surface area contributed by atoms with Crippen molar-refractivity contribution in [1.29, 1.82) is 0 Å². The van der Waals surface area contributed by atoms with E-state index in [-0.39, 0.29) is 5.91 Å². The Morgan fingerprint density at radius 1 is 0.914 bits per heavy atom. The summed E-state index contributed by atoms with van der Waals surface area (Å²) in [6.45, 7) is 5.70. The van der Waals surface area contributed by atoms with Crippen molar-refractivity contribution in [3.8, 4) is 11.1 Å². The maximum atomic E-state index is 12.9. The SMILES string of the molecule is CC1CCCC(C)N1CCCC1(C(N)=O)c2ccccc2-c2ccccc21.O=C(O)/C=C\C(=O)O. The van der Waals surface area contributed by atoms with Crippen LogP contribution in [0.1, 0.15) is 57.1 Å². The Balaban J connectivity index is 0.000000371. The molecule has 186 valence electrons. The number of carboxylic acids is 2. The van der Waals surface area contributed by atoms with Crippen molar-refractivity contribution in [2.24, 2.45) is 5.73 Å². The summed E-state index contributed by atoms with van der Waals surface area (Å²) >= 11 is 0. The molecule has 2 unspecified atom stereocenters. The fraction of sp³-hybridized carbons (Fsp3) is 0.393. The molecule has 4 N–H and O–H groups in total. The van der Waals surface area contributed by atoms with E-state index in [1.165, 1.54) is 19.3 Å². The van der Waals surface area contributed by atoms with Gasteiger partial charge in [-0.25, -0.2) is 9.59 Å². The number of primary amides is 1. The van der Waals surface area contributed by atoms with Crippen molar-refractivity contribution in [3.63, 3.8) is 0 Å². The zero-order valence-corrected chi connectivity index (χ0v) is 20.3. The lowest BCUT2D eigenvalue weighted by atomic mass is 9.74. The lowest BCUT2D eigenvalue weighted by Gasteiger charge is -2.39. The number of benzene rings is 2. The van der Waals surface area contributed by atoms with E-state index in [9.17, 15) is 14.4 Å². The molecule has 0 spiro atoms. The van der Waals surface area contributed by atoms with Crippen molar-refractivity contribution in [3.05, 3.63) is 71.8 Å². The number of piperidine rings is 1. The molecule has 0 bridgehead atoms. The van der Waals surface area contributed by atoms with E-state index in [1.54, 1.807) is 0 Å². The van der Waals surface area contributed by atoms with Gasteiger partial charge in [0.25, 0.3) is 0 Å². The molecule has 2 aromatic carbocycles. The highest BCUT2D eigenvalue weighted by Crippen LogP contribution is 2.51. The second-order valence-corrected chi connectivity index (χ2v) is 9.34. The zero-order chi connectivity index (χ0) is 25.6. The predicted octanol–water partition coefficient (Wildman–Crippen LogP) is 4.19. The van der Waals surface area contributed by atoms with Crippen molar-refractivity contribution in [1.82, 2.24) is 4.90 Å². The van der Waals surface area contributed by atoms with Gasteiger partial charge in [-0.2, -0.15) is 0 Å². The summed E-state index contributed by atoms with van der Waals surface area (Å²) in [6.07, 6.45) is 6.73. The molecule has 4 rings (SSSR count).